The molecule has 2 heterocycles. The maximum atomic E-state index is 13.0. The molecule has 1 aliphatic heterocycles. The van der Waals surface area contributed by atoms with Gasteiger partial charge in [-0.1, -0.05) is 103 Å². The summed E-state index contributed by atoms with van der Waals surface area (Å²) in [5.41, 5.74) is 11.5. The number of rotatable bonds is 6. The molecule has 0 aliphatic carbocycles. The largest absolute Gasteiger partial charge is 0.481 e. The lowest BCUT2D eigenvalue weighted by Crippen LogP contribution is -2.60. The number of aliphatic carboxylic acids is 1. The molecule has 1 aromatic heterocycles. The Morgan fingerprint density at radius 1 is 0.763 bits per heavy atom. The summed E-state index contributed by atoms with van der Waals surface area (Å²) >= 11 is 0. The van der Waals surface area contributed by atoms with Crippen molar-refractivity contribution in [3.8, 4) is 11.1 Å². The van der Waals surface area contributed by atoms with E-state index in [1.54, 1.807) is 0 Å². The Bertz CT molecular complexity index is 1630. The molecule has 0 bridgehead atoms. The number of carboxylic acid groups (broad SMARTS) is 1. The molecule has 6 rings (SSSR count). The van der Waals surface area contributed by atoms with E-state index in [1.807, 2.05) is 72.8 Å². The monoisotopic (exact) mass is 501 g/mol. The lowest BCUT2D eigenvalue weighted by atomic mass is 9.70. The number of hydrogen-bond donors (Lipinski definition) is 4. The van der Waals surface area contributed by atoms with E-state index in [-0.39, 0.29) is 6.42 Å². The van der Waals surface area contributed by atoms with E-state index in [4.69, 9.17) is 5.73 Å². The standard InChI is InChI=1S/C32H27N3O3/c33-31(38)29-25(19-27(36)37)28-24-13-7-8-14-26(24)34-30(28)32(35-29,22-11-5-2-6-12-22)23-17-15-21(16-18-23)20-9-3-1-4-10-20/h1-18,25,29,34-35H,19H2,(H2,33,38)(H,36,37)/t25?,29-,32+/m1/s1. The number of primary amides is 1. The topological polar surface area (TPSA) is 108 Å². The van der Waals surface area contributed by atoms with E-state index in [1.165, 1.54) is 0 Å². The molecule has 0 saturated heterocycles. The quantitative estimate of drug-likeness (QED) is 0.258. The van der Waals surface area contributed by atoms with Crippen LogP contribution in [0.25, 0.3) is 22.0 Å². The molecular formula is C32H27N3O3. The Labute approximate surface area is 220 Å². The molecule has 0 radical (unpaired) electrons. The highest BCUT2D eigenvalue weighted by Crippen LogP contribution is 2.49. The predicted octanol–water partition coefficient (Wildman–Crippen LogP) is 5.14. The molecule has 6 heteroatoms. The molecule has 1 unspecified atom stereocenters. The molecule has 188 valence electrons. The van der Waals surface area contributed by atoms with Gasteiger partial charge in [0, 0.05) is 22.5 Å². The van der Waals surface area contributed by atoms with Crippen LogP contribution in [0.15, 0.2) is 109 Å². The summed E-state index contributed by atoms with van der Waals surface area (Å²) in [7, 11) is 0. The van der Waals surface area contributed by atoms with Gasteiger partial charge in [-0.05, 0) is 33.9 Å². The number of carboxylic acids is 1. The van der Waals surface area contributed by atoms with E-state index in [0.29, 0.717) is 0 Å². The van der Waals surface area contributed by atoms with Gasteiger partial charge >= 0.3 is 5.97 Å². The van der Waals surface area contributed by atoms with E-state index in [9.17, 15) is 14.7 Å². The first kappa shape index (κ1) is 23.7. The first-order valence-corrected chi connectivity index (χ1v) is 12.6. The Balaban J connectivity index is 1.65. The van der Waals surface area contributed by atoms with Crippen LogP contribution < -0.4 is 11.1 Å². The second-order valence-corrected chi connectivity index (χ2v) is 9.75. The molecular weight excluding hydrogens is 474 g/mol. The fourth-order valence-corrected chi connectivity index (χ4v) is 5.95. The van der Waals surface area contributed by atoms with Crippen molar-refractivity contribution in [3.63, 3.8) is 0 Å². The van der Waals surface area contributed by atoms with Crippen molar-refractivity contribution in [2.45, 2.75) is 23.9 Å². The summed E-state index contributed by atoms with van der Waals surface area (Å²) in [4.78, 5) is 28.6. The first-order chi connectivity index (χ1) is 18.5. The minimum Gasteiger partial charge on any atom is -0.481 e. The van der Waals surface area contributed by atoms with Crippen LogP contribution in [0.4, 0.5) is 0 Å². The Hall–Kier alpha value is -4.68. The number of aromatic amines is 1. The maximum absolute atomic E-state index is 13.0. The van der Waals surface area contributed by atoms with E-state index in [2.05, 4.69) is 46.7 Å². The van der Waals surface area contributed by atoms with Crippen LogP contribution in [0.2, 0.25) is 0 Å². The SMILES string of the molecule is NC(=O)[C@@H]1N[C@@](c2ccccc2)(c2ccc(-c3ccccc3)cc2)c2[nH]c3ccccc3c2C1CC(=O)O. The van der Waals surface area contributed by atoms with Crippen LogP contribution in [0, 0.1) is 0 Å². The van der Waals surface area contributed by atoms with Crippen LogP contribution in [-0.2, 0) is 15.1 Å². The highest BCUT2D eigenvalue weighted by Gasteiger charge is 2.50. The number of benzene rings is 4. The van der Waals surface area contributed by atoms with Gasteiger partial charge in [-0.15, -0.1) is 0 Å². The van der Waals surface area contributed by atoms with Crippen LogP contribution in [0.1, 0.15) is 34.7 Å². The summed E-state index contributed by atoms with van der Waals surface area (Å²) < 4.78 is 0. The highest BCUT2D eigenvalue weighted by atomic mass is 16.4. The van der Waals surface area contributed by atoms with Crippen molar-refractivity contribution in [1.29, 1.82) is 0 Å². The number of nitrogens with two attached hydrogens (primary N) is 1. The molecule has 1 aliphatic rings. The van der Waals surface area contributed by atoms with Gasteiger partial charge in [0.25, 0.3) is 0 Å². The van der Waals surface area contributed by atoms with Crippen LogP contribution >= 0.6 is 0 Å². The normalized spacial score (nSPS) is 20.6. The van der Waals surface area contributed by atoms with Crippen LogP contribution in [-0.4, -0.2) is 28.0 Å². The Morgan fingerprint density at radius 3 is 2.00 bits per heavy atom. The van der Waals surface area contributed by atoms with E-state index < -0.39 is 29.4 Å². The number of fused-ring (bicyclic) bond motifs is 3. The van der Waals surface area contributed by atoms with Crippen LogP contribution in [0.5, 0.6) is 0 Å². The number of carbonyl (C=O) groups is 2. The average molecular weight is 502 g/mol. The Kier molecular flexibility index (Phi) is 5.81. The smallest absolute Gasteiger partial charge is 0.304 e. The van der Waals surface area contributed by atoms with Crippen molar-refractivity contribution in [3.05, 3.63) is 132 Å². The zero-order chi connectivity index (χ0) is 26.3. The van der Waals surface area contributed by atoms with Crippen molar-refractivity contribution < 1.29 is 14.7 Å². The van der Waals surface area contributed by atoms with Crippen molar-refractivity contribution in [2.75, 3.05) is 0 Å². The predicted molar refractivity (Wildman–Crippen MR) is 148 cm³/mol. The third kappa shape index (κ3) is 3.78. The second kappa shape index (κ2) is 9.32. The number of hydrogen-bond acceptors (Lipinski definition) is 3. The van der Waals surface area contributed by atoms with E-state index in [0.717, 1.165) is 44.4 Å². The zero-order valence-corrected chi connectivity index (χ0v) is 20.6. The molecule has 1 amide bonds. The lowest BCUT2D eigenvalue weighted by molar-refractivity contribution is -0.137. The van der Waals surface area contributed by atoms with Gasteiger partial charge in [-0.2, -0.15) is 0 Å². The molecule has 4 aromatic carbocycles. The van der Waals surface area contributed by atoms with Gasteiger partial charge < -0.3 is 15.8 Å². The summed E-state index contributed by atoms with van der Waals surface area (Å²) in [5.74, 6) is -2.22. The molecule has 5 N–H and O–H groups in total. The molecule has 38 heavy (non-hydrogen) atoms. The number of amides is 1. The number of para-hydroxylation sites is 1. The number of H-pyrrole nitrogens is 1. The fraction of sp³-hybridized carbons (Fsp3) is 0.125. The lowest BCUT2D eigenvalue weighted by Gasteiger charge is -2.45. The number of nitrogens with one attached hydrogen (secondary N) is 2. The molecule has 5 aromatic rings. The minimum absolute atomic E-state index is 0.229. The third-order valence-corrected chi connectivity index (χ3v) is 7.60. The summed E-state index contributed by atoms with van der Waals surface area (Å²) in [6.07, 6.45) is -0.229. The fourth-order valence-electron chi connectivity index (χ4n) is 5.95. The summed E-state index contributed by atoms with van der Waals surface area (Å²) in [5, 5.41) is 14.3. The maximum Gasteiger partial charge on any atom is 0.304 e. The summed E-state index contributed by atoms with van der Waals surface area (Å²) in [6.45, 7) is 0. The van der Waals surface area contributed by atoms with Gasteiger partial charge in [0.15, 0.2) is 0 Å². The van der Waals surface area contributed by atoms with Gasteiger partial charge in [-0.25, -0.2) is 0 Å². The summed E-state index contributed by atoms with van der Waals surface area (Å²) in [6, 6.07) is 35.2. The van der Waals surface area contributed by atoms with Gasteiger partial charge in [0.1, 0.15) is 5.54 Å². The highest BCUT2D eigenvalue weighted by molar-refractivity contribution is 5.91. The second-order valence-electron chi connectivity index (χ2n) is 9.75. The Morgan fingerprint density at radius 2 is 1.34 bits per heavy atom. The van der Waals surface area contributed by atoms with Crippen molar-refractivity contribution in [1.82, 2.24) is 10.3 Å². The van der Waals surface area contributed by atoms with E-state index >= 15 is 0 Å². The van der Waals surface area contributed by atoms with Gasteiger partial charge in [0.2, 0.25) is 5.91 Å². The average Bonchev–Trinajstić information content (AvgIpc) is 3.34. The van der Waals surface area contributed by atoms with Crippen molar-refractivity contribution >= 4 is 22.8 Å². The molecule has 0 saturated carbocycles. The number of carbonyl (C=O) groups excluding carboxylic acids is 1. The minimum atomic E-state index is -0.987. The van der Waals surface area contributed by atoms with Gasteiger partial charge in [-0.3, -0.25) is 14.9 Å². The van der Waals surface area contributed by atoms with Gasteiger partial charge in [0.05, 0.1) is 12.5 Å². The molecule has 6 nitrogen and oxygen atoms in total. The zero-order valence-electron chi connectivity index (χ0n) is 20.6. The third-order valence-electron chi connectivity index (χ3n) is 7.60. The van der Waals surface area contributed by atoms with Crippen LogP contribution in [0.3, 0.4) is 0 Å². The molecule has 0 spiro atoms. The number of aromatic nitrogens is 1. The molecule has 0 fully saturated rings. The van der Waals surface area contributed by atoms with Crippen molar-refractivity contribution in [2.24, 2.45) is 5.73 Å². The first-order valence-electron chi connectivity index (χ1n) is 12.6. The molecule has 3 atom stereocenters.